The van der Waals surface area contributed by atoms with Crippen LogP contribution in [0.4, 0.5) is 32.0 Å². The van der Waals surface area contributed by atoms with Crippen LogP contribution in [0.25, 0.3) is 10.8 Å². The van der Waals surface area contributed by atoms with Crippen molar-refractivity contribution in [1.29, 1.82) is 0 Å². The third-order valence-electron chi connectivity index (χ3n) is 6.14. The molecule has 0 radical (unpaired) electrons. The summed E-state index contributed by atoms with van der Waals surface area (Å²) in [6.45, 7) is 0. The number of anilines is 1. The van der Waals surface area contributed by atoms with Gasteiger partial charge in [0.1, 0.15) is 0 Å². The number of halogens is 6. The summed E-state index contributed by atoms with van der Waals surface area (Å²) in [5.74, 6) is -6.64. The van der Waals surface area contributed by atoms with Gasteiger partial charge >= 0.3 is 30.3 Å². The Morgan fingerprint density at radius 1 is 0.636 bits per heavy atom. The first-order chi connectivity index (χ1) is 20.6. The average molecular weight is 619 g/mol. The van der Waals surface area contributed by atoms with Crippen LogP contribution in [0.15, 0.2) is 91.0 Å². The monoisotopic (exact) mass is 619 g/mol. The van der Waals surface area contributed by atoms with Crippen molar-refractivity contribution in [2.45, 2.75) is 24.6 Å². The normalized spacial score (nSPS) is 13.0. The molecular formula is C30H19F6NO7. The Labute approximate surface area is 243 Å². The number of carbonyl (C=O) groups excluding carboxylic acids is 3. The highest BCUT2D eigenvalue weighted by atomic mass is 19.4. The number of aliphatic carboxylic acids is 1. The van der Waals surface area contributed by atoms with Crippen molar-refractivity contribution in [3.63, 3.8) is 0 Å². The summed E-state index contributed by atoms with van der Waals surface area (Å²) in [5, 5.41) is 13.3. The van der Waals surface area contributed by atoms with Gasteiger partial charge in [-0.05, 0) is 47.9 Å². The maximum atomic E-state index is 13.4. The molecule has 44 heavy (non-hydrogen) atoms. The molecule has 8 nitrogen and oxygen atoms in total. The lowest BCUT2D eigenvalue weighted by atomic mass is 10.1. The lowest BCUT2D eigenvalue weighted by Crippen LogP contribution is -2.48. The first kappa shape index (κ1) is 31.5. The molecule has 1 amide bonds. The van der Waals surface area contributed by atoms with Crippen molar-refractivity contribution in [2.75, 3.05) is 5.32 Å². The summed E-state index contributed by atoms with van der Waals surface area (Å²) in [7, 11) is 0. The maximum Gasteiger partial charge on any atom is 0.416 e. The zero-order chi connectivity index (χ0) is 32.2. The second kappa shape index (κ2) is 12.5. The Bertz CT molecular complexity index is 1730. The van der Waals surface area contributed by atoms with Crippen LogP contribution in [-0.4, -0.2) is 41.1 Å². The Morgan fingerprint density at radius 2 is 1.11 bits per heavy atom. The van der Waals surface area contributed by atoms with E-state index in [0.717, 1.165) is 24.3 Å². The van der Waals surface area contributed by atoms with Crippen molar-refractivity contribution >= 4 is 40.3 Å². The van der Waals surface area contributed by atoms with Gasteiger partial charge in [-0.1, -0.05) is 48.5 Å². The molecule has 0 bridgehead atoms. The second-order valence-corrected chi connectivity index (χ2v) is 9.16. The van der Waals surface area contributed by atoms with Gasteiger partial charge in [-0.15, -0.1) is 0 Å². The second-order valence-electron chi connectivity index (χ2n) is 9.16. The fourth-order valence-corrected chi connectivity index (χ4v) is 4.04. The lowest BCUT2D eigenvalue weighted by molar-refractivity contribution is -0.157. The molecule has 4 aromatic rings. The number of carboxylic acids is 1. The van der Waals surface area contributed by atoms with Crippen LogP contribution in [-0.2, 0) is 31.4 Å². The van der Waals surface area contributed by atoms with Crippen LogP contribution in [0, 0.1) is 0 Å². The Morgan fingerprint density at radius 3 is 1.64 bits per heavy atom. The highest BCUT2D eigenvalue weighted by Gasteiger charge is 2.42. The Kier molecular flexibility index (Phi) is 8.92. The number of benzene rings is 4. The molecule has 0 fully saturated rings. The van der Waals surface area contributed by atoms with E-state index in [2.05, 4.69) is 5.32 Å². The van der Waals surface area contributed by atoms with Crippen molar-refractivity contribution < 1.29 is 60.1 Å². The quantitative estimate of drug-likeness (QED) is 0.174. The minimum Gasteiger partial charge on any atom is -0.478 e. The topological polar surface area (TPSA) is 119 Å². The van der Waals surface area contributed by atoms with E-state index in [1.165, 1.54) is 12.1 Å². The van der Waals surface area contributed by atoms with Crippen molar-refractivity contribution in [3.05, 3.63) is 113 Å². The number of nitrogens with one attached hydrogen (secondary N) is 1. The van der Waals surface area contributed by atoms with Gasteiger partial charge in [0.05, 0.1) is 22.3 Å². The van der Waals surface area contributed by atoms with Gasteiger partial charge < -0.3 is 19.9 Å². The number of carboxylic acid groups (broad SMARTS) is 1. The van der Waals surface area contributed by atoms with Gasteiger partial charge in [0.25, 0.3) is 5.91 Å². The van der Waals surface area contributed by atoms with Crippen molar-refractivity contribution in [1.82, 2.24) is 0 Å². The van der Waals surface area contributed by atoms with Gasteiger partial charge in [-0.25, -0.2) is 14.4 Å². The fraction of sp³-hybridized carbons (Fsp3) is 0.133. The number of ether oxygens (including phenoxy) is 2. The van der Waals surface area contributed by atoms with E-state index in [4.69, 9.17) is 9.47 Å². The smallest absolute Gasteiger partial charge is 0.416 e. The lowest BCUT2D eigenvalue weighted by Gasteiger charge is -2.24. The van der Waals surface area contributed by atoms with E-state index in [0.29, 0.717) is 35.0 Å². The largest absolute Gasteiger partial charge is 0.478 e. The number of hydrogen-bond donors (Lipinski definition) is 2. The first-order valence-corrected chi connectivity index (χ1v) is 12.4. The fourth-order valence-electron chi connectivity index (χ4n) is 4.04. The summed E-state index contributed by atoms with van der Waals surface area (Å²) in [4.78, 5) is 51.3. The minimum atomic E-state index is -4.87. The number of carbonyl (C=O) groups is 4. The minimum absolute atomic E-state index is 0.0987. The molecule has 0 saturated carbocycles. The molecule has 0 aliphatic rings. The predicted octanol–water partition coefficient (Wildman–Crippen LogP) is 6.35. The molecular weight excluding hydrogens is 600 g/mol. The van der Waals surface area contributed by atoms with E-state index in [9.17, 15) is 50.6 Å². The summed E-state index contributed by atoms with van der Waals surface area (Å²) < 4.78 is 89.0. The average Bonchev–Trinajstić information content (AvgIpc) is 2.98. The standard InChI is InChI=1S/C30H19F6NO7/c31-29(32,33)19-10-3-8-17(14-19)27(41)43-23(25(38)37-22-13-5-7-16-6-1-2-12-21(16)22)24(26(39)40)44-28(42)18-9-4-11-20(15-18)30(34,35)36/h1-15,23-24H,(H,37,38)(H,39,40)/t23-,24-/m0/s1. The van der Waals surface area contributed by atoms with Gasteiger partial charge in [-0.3, -0.25) is 4.79 Å². The summed E-state index contributed by atoms with van der Waals surface area (Å²) in [5.41, 5.74) is -3.89. The van der Waals surface area contributed by atoms with Gasteiger partial charge in [0, 0.05) is 11.1 Å². The highest BCUT2D eigenvalue weighted by molar-refractivity contribution is 6.06. The van der Waals surface area contributed by atoms with Gasteiger partial charge in [0.2, 0.25) is 12.2 Å². The molecule has 0 aliphatic heterocycles. The maximum absolute atomic E-state index is 13.4. The van der Waals surface area contributed by atoms with E-state index < -0.39 is 70.6 Å². The van der Waals surface area contributed by atoms with E-state index in [-0.39, 0.29) is 5.69 Å². The number of esters is 2. The van der Waals surface area contributed by atoms with Crippen molar-refractivity contribution in [2.24, 2.45) is 0 Å². The molecule has 4 rings (SSSR count). The molecule has 0 spiro atoms. The third kappa shape index (κ3) is 7.32. The predicted molar refractivity (Wildman–Crippen MR) is 142 cm³/mol. The number of rotatable bonds is 8. The molecule has 2 atom stereocenters. The number of amides is 1. The number of alkyl halides is 6. The summed E-state index contributed by atoms with van der Waals surface area (Å²) in [6, 6.07) is 16.8. The molecule has 0 unspecified atom stereocenters. The van der Waals surface area contributed by atoms with Gasteiger partial charge in [-0.2, -0.15) is 26.3 Å². The van der Waals surface area contributed by atoms with Crippen LogP contribution in [0.3, 0.4) is 0 Å². The van der Waals surface area contributed by atoms with Crippen LogP contribution >= 0.6 is 0 Å². The van der Waals surface area contributed by atoms with E-state index >= 15 is 0 Å². The van der Waals surface area contributed by atoms with Crippen LogP contribution in [0.5, 0.6) is 0 Å². The Hall–Kier alpha value is -5.40. The summed E-state index contributed by atoms with van der Waals surface area (Å²) in [6.07, 6.45) is -14.9. The van der Waals surface area contributed by atoms with Crippen LogP contribution < -0.4 is 5.32 Å². The molecule has 0 saturated heterocycles. The molecule has 0 aliphatic carbocycles. The number of hydrogen-bond acceptors (Lipinski definition) is 6. The first-order valence-electron chi connectivity index (χ1n) is 12.4. The number of fused-ring (bicyclic) bond motifs is 1. The highest BCUT2D eigenvalue weighted by Crippen LogP contribution is 2.31. The van der Waals surface area contributed by atoms with Crippen molar-refractivity contribution in [3.8, 4) is 0 Å². The molecule has 228 valence electrons. The van der Waals surface area contributed by atoms with Crippen LogP contribution in [0.1, 0.15) is 31.8 Å². The summed E-state index contributed by atoms with van der Waals surface area (Å²) >= 11 is 0. The zero-order valence-corrected chi connectivity index (χ0v) is 22.0. The molecule has 0 heterocycles. The van der Waals surface area contributed by atoms with Crippen LogP contribution in [0.2, 0.25) is 0 Å². The molecule has 0 aromatic heterocycles. The molecule has 14 heteroatoms. The molecule has 4 aromatic carbocycles. The Balaban J connectivity index is 1.71. The molecule has 2 N–H and O–H groups in total. The van der Waals surface area contributed by atoms with E-state index in [1.807, 2.05) is 0 Å². The SMILES string of the molecule is O=C(O[C@H](C(=O)O)[C@H](OC(=O)c1cccc(C(F)(F)F)c1)C(=O)Nc1cccc2ccccc12)c1cccc(C(F)(F)F)c1. The third-order valence-corrected chi connectivity index (χ3v) is 6.14. The zero-order valence-electron chi connectivity index (χ0n) is 22.0. The van der Waals surface area contributed by atoms with E-state index in [1.54, 1.807) is 30.3 Å². The van der Waals surface area contributed by atoms with Gasteiger partial charge in [0.15, 0.2) is 0 Å².